The zero-order valence-electron chi connectivity index (χ0n) is 28.7. The van der Waals surface area contributed by atoms with E-state index in [0.717, 1.165) is 29.3 Å². The Balaban J connectivity index is 1.68. The number of para-hydroxylation sites is 1. The monoisotopic (exact) mass is 665 g/mol. The Morgan fingerprint density at radius 3 is 2.40 bits per heavy atom. The highest BCUT2D eigenvalue weighted by atomic mass is 16.5. The molecule has 4 rings (SSSR count). The van der Waals surface area contributed by atoms with Gasteiger partial charge in [0.1, 0.15) is 36.5 Å². The number of carbonyl (C=O) groups is 6. The number of nitrogens with one attached hydrogen (secondary N) is 3. The van der Waals surface area contributed by atoms with E-state index in [9.17, 15) is 28.8 Å². The fourth-order valence-electron chi connectivity index (χ4n) is 6.67. The first-order valence-electron chi connectivity index (χ1n) is 17.4. The van der Waals surface area contributed by atoms with Crippen molar-refractivity contribution in [3.05, 3.63) is 36.0 Å². The van der Waals surface area contributed by atoms with Gasteiger partial charge in [-0.25, -0.2) is 0 Å². The van der Waals surface area contributed by atoms with Crippen molar-refractivity contribution >= 4 is 46.3 Å². The van der Waals surface area contributed by atoms with Gasteiger partial charge in [-0.3, -0.25) is 28.8 Å². The summed E-state index contributed by atoms with van der Waals surface area (Å²) in [6.07, 6.45) is 7.75. The van der Waals surface area contributed by atoms with Gasteiger partial charge in [0.2, 0.25) is 23.6 Å². The Morgan fingerprint density at radius 2 is 1.67 bits per heavy atom. The van der Waals surface area contributed by atoms with Crippen LogP contribution >= 0.6 is 0 Å². The largest absolute Gasteiger partial charge is 0.468 e. The Labute approximate surface area is 282 Å². The van der Waals surface area contributed by atoms with Crippen LogP contribution < -0.4 is 16.0 Å². The van der Waals surface area contributed by atoms with Crippen LogP contribution in [0.1, 0.15) is 90.5 Å². The van der Waals surface area contributed by atoms with Gasteiger partial charge in [0.05, 0.1) is 7.11 Å². The van der Waals surface area contributed by atoms with Crippen LogP contribution in [-0.4, -0.2) is 82.7 Å². The molecule has 5 atom stereocenters. The molecule has 0 bridgehead atoms. The van der Waals surface area contributed by atoms with Gasteiger partial charge in [-0.1, -0.05) is 58.2 Å². The topological polar surface area (TPSA) is 156 Å². The quantitative estimate of drug-likeness (QED) is 0.219. The summed E-state index contributed by atoms with van der Waals surface area (Å²) in [6.45, 7) is 6.04. The molecule has 1 unspecified atom stereocenters. The average molecular weight is 666 g/mol. The molecule has 2 aromatic rings. The molecule has 1 aromatic carbocycles. The molecule has 0 aliphatic carbocycles. The van der Waals surface area contributed by atoms with E-state index in [2.05, 4.69) is 16.0 Å². The predicted molar refractivity (Wildman–Crippen MR) is 181 cm³/mol. The maximum Gasteiger partial charge on any atom is 0.325 e. The highest BCUT2D eigenvalue weighted by molar-refractivity contribution is 5.98. The molecule has 2 aliphatic rings. The van der Waals surface area contributed by atoms with Gasteiger partial charge in [0.25, 0.3) is 0 Å². The second-order valence-corrected chi connectivity index (χ2v) is 13.1. The van der Waals surface area contributed by atoms with E-state index in [1.165, 1.54) is 7.11 Å². The Morgan fingerprint density at radius 1 is 0.938 bits per heavy atom. The normalized spacial score (nSPS) is 22.9. The molecule has 2 saturated heterocycles. The number of carbonyl (C=O) groups excluding carboxylic acids is 6. The van der Waals surface area contributed by atoms with Crippen LogP contribution in [0.15, 0.2) is 30.5 Å². The fraction of sp³-hybridized carbons (Fsp3) is 0.611. The number of rotatable bonds is 13. The molecule has 12 heteroatoms. The minimum atomic E-state index is -1.08. The number of aromatic nitrogens is 1. The molecular formula is C36H51N5O7. The number of ether oxygens (including phenoxy) is 1. The van der Waals surface area contributed by atoms with Crippen molar-refractivity contribution < 1.29 is 33.5 Å². The van der Waals surface area contributed by atoms with E-state index >= 15 is 0 Å². The number of ketones is 1. The van der Waals surface area contributed by atoms with E-state index in [4.69, 9.17) is 4.74 Å². The van der Waals surface area contributed by atoms with Crippen LogP contribution in [0.2, 0.25) is 0 Å². The summed E-state index contributed by atoms with van der Waals surface area (Å²) in [6, 6.07) is 3.86. The summed E-state index contributed by atoms with van der Waals surface area (Å²) < 4.78 is 6.63. The number of hydrogen-bond acceptors (Lipinski definition) is 7. The number of unbranched alkanes of at least 4 members (excludes halogenated alkanes) is 2. The van der Waals surface area contributed by atoms with Gasteiger partial charge in [-0.2, -0.15) is 0 Å². The lowest BCUT2D eigenvalue weighted by atomic mass is 9.93. The minimum absolute atomic E-state index is 0.0280. The SMILES string of the molecule is CCC(=O)CCCCC[C@H]1NC(=O)[C@H]2CCCCN2C(=O)[C@@H](C(C)CC)NC(=O)[C@@H](Cc2cn(CC(=O)OC)c3ccccc23)NC1=O. The molecule has 4 amide bonds. The number of amides is 4. The number of esters is 1. The van der Waals surface area contributed by atoms with E-state index < -0.39 is 42.0 Å². The van der Waals surface area contributed by atoms with Crippen molar-refractivity contribution in [2.24, 2.45) is 5.92 Å². The third kappa shape index (κ3) is 9.02. The number of nitrogens with zero attached hydrogens (tertiary/aromatic N) is 2. The molecule has 2 aliphatic heterocycles. The lowest BCUT2D eigenvalue weighted by Gasteiger charge is -2.39. The molecule has 0 saturated carbocycles. The van der Waals surface area contributed by atoms with Crippen molar-refractivity contribution in [1.82, 2.24) is 25.4 Å². The van der Waals surface area contributed by atoms with Crippen molar-refractivity contribution in [3.63, 3.8) is 0 Å². The van der Waals surface area contributed by atoms with E-state index in [0.29, 0.717) is 57.9 Å². The van der Waals surface area contributed by atoms with Gasteiger partial charge in [0.15, 0.2) is 0 Å². The third-order valence-corrected chi connectivity index (χ3v) is 9.80. The lowest BCUT2D eigenvalue weighted by Crippen LogP contribution is -2.64. The maximum absolute atomic E-state index is 14.1. The van der Waals surface area contributed by atoms with Crippen LogP contribution in [-0.2, 0) is 46.5 Å². The van der Waals surface area contributed by atoms with Gasteiger partial charge >= 0.3 is 5.97 Å². The molecule has 0 radical (unpaired) electrons. The smallest absolute Gasteiger partial charge is 0.325 e. The second kappa shape index (κ2) is 17.3. The first-order chi connectivity index (χ1) is 23.1. The lowest BCUT2D eigenvalue weighted by molar-refractivity contribution is -0.147. The summed E-state index contributed by atoms with van der Waals surface area (Å²) in [5.74, 6) is -2.11. The van der Waals surface area contributed by atoms with Crippen LogP contribution in [0, 0.1) is 5.92 Å². The van der Waals surface area contributed by atoms with Gasteiger partial charge in [-0.15, -0.1) is 0 Å². The van der Waals surface area contributed by atoms with Crippen molar-refractivity contribution in [2.45, 2.75) is 122 Å². The molecule has 48 heavy (non-hydrogen) atoms. The average Bonchev–Trinajstić information content (AvgIpc) is 3.44. The number of fused-ring (bicyclic) bond motifs is 2. The van der Waals surface area contributed by atoms with Gasteiger partial charge < -0.3 is 30.2 Å². The van der Waals surface area contributed by atoms with Crippen molar-refractivity contribution in [1.29, 1.82) is 0 Å². The molecule has 1 aromatic heterocycles. The van der Waals surface area contributed by atoms with Gasteiger partial charge in [0, 0.05) is 42.9 Å². The minimum Gasteiger partial charge on any atom is -0.468 e. The molecule has 0 spiro atoms. The summed E-state index contributed by atoms with van der Waals surface area (Å²) in [5.41, 5.74) is 1.50. The zero-order valence-corrected chi connectivity index (χ0v) is 28.7. The maximum atomic E-state index is 14.1. The van der Waals surface area contributed by atoms with E-state index in [1.54, 1.807) is 15.7 Å². The third-order valence-electron chi connectivity index (χ3n) is 9.80. The molecule has 2 fully saturated rings. The number of hydrogen-bond donors (Lipinski definition) is 3. The standard InChI is InChI=1S/C36H51N5O7/c1-5-23(3)32-36(47)41-19-13-12-18-30(41)35(46)37-27(16-9-7-8-14-25(42)6-2)33(44)38-28(34(45)39-32)20-24-21-40(22-31(43)48-4)29-17-11-10-15-26(24)29/h10-11,15,17,21,23,27-28,30,32H,5-9,12-14,16,18-20,22H2,1-4H3,(H,37,46)(H,38,44)(H,39,45)/t23?,27-,28-,30-,32-/m1/s1. The molecule has 3 N–H and O–H groups in total. The van der Waals surface area contributed by atoms with E-state index in [-0.39, 0.29) is 36.5 Å². The first kappa shape index (κ1) is 36.6. The molecule has 12 nitrogen and oxygen atoms in total. The molecule has 262 valence electrons. The molecular weight excluding hydrogens is 614 g/mol. The van der Waals surface area contributed by atoms with E-state index in [1.807, 2.05) is 45.0 Å². The Bertz CT molecular complexity index is 1490. The first-order valence-corrected chi connectivity index (χ1v) is 17.4. The highest BCUT2D eigenvalue weighted by Crippen LogP contribution is 2.25. The van der Waals surface area contributed by atoms with Crippen LogP contribution in [0.3, 0.4) is 0 Å². The number of Topliss-reactive ketones (excluding diaryl/α,β-unsaturated/α-hetero) is 1. The van der Waals surface area contributed by atoms with Crippen molar-refractivity contribution in [3.8, 4) is 0 Å². The Hall–Kier alpha value is -4.22. The predicted octanol–water partition coefficient (Wildman–Crippen LogP) is 3.18. The molecule has 3 heterocycles. The van der Waals surface area contributed by atoms with Gasteiger partial charge in [-0.05, 0) is 49.7 Å². The number of methoxy groups -OCH3 is 1. The summed E-state index contributed by atoms with van der Waals surface area (Å²) >= 11 is 0. The highest BCUT2D eigenvalue weighted by Gasteiger charge is 2.41. The Kier molecular flexibility index (Phi) is 13.2. The zero-order chi connectivity index (χ0) is 34.8. The number of piperidine rings is 1. The second-order valence-electron chi connectivity index (χ2n) is 13.1. The summed E-state index contributed by atoms with van der Waals surface area (Å²) in [5, 5.41) is 9.64. The fourth-order valence-corrected chi connectivity index (χ4v) is 6.67. The number of benzene rings is 1. The summed E-state index contributed by atoms with van der Waals surface area (Å²) in [4.78, 5) is 81.5. The van der Waals surface area contributed by atoms with Crippen molar-refractivity contribution in [2.75, 3.05) is 13.7 Å². The van der Waals surface area contributed by atoms with Crippen LogP contribution in [0.25, 0.3) is 10.9 Å². The van der Waals surface area contributed by atoms with Crippen LogP contribution in [0.5, 0.6) is 0 Å². The summed E-state index contributed by atoms with van der Waals surface area (Å²) in [7, 11) is 1.32. The van der Waals surface area contributed by atoms with Crippen LogP contribution in [0.4, 0.5) is 0 Å².